The average molecular weight is 219 g/mol. The molecule has 1 aromatic carbocycles. The van der Waals surface area contributed by atoms with Crippen LogP contribution >= 0.6 is 0 Å². The number of aromatic nitrogens is 4. The molecule has 16 heavy (non-hydrogen) atoms. The molecule has 7 heteroatoms. The van der Waals surface area contributed by atoms with Gasteiger partial charge in [-0.3, -0.25) is 10.1 Å². The van der Waals surface area contributed by atoms with Crippen molar-refractivity contribution in [1.29, 1.82) is 0 Å². The molecule has 0 bridgehead atoms. The van der Waals surface area contributed by atoms with Crippen LogP contribution < -0.4 is 5.32 Å². The molecule has 0 aliphatic carbocycles. The molecule has 82 valence electrons. The molecule has 7 nitrogen and oxygen atoms in total. The van der Waals surface area contributed by atoms with E-state index in [0.29, 0.717) is 0 Å². The molecule has 2 aromatic rings. The first-order chi connectivity index (χ1) is 7.66. The number of nitrogens with one attached hydrogen (secondary N) is 2. The van der Waals surface area contributed by atoms with E-state index in [2.05, 4.69) is 25.9 Å². The molecular formula is C9H9N5O2. The van der Waals surface area contributed by atoms with E-state index in [4.69, 9.17) is 0 Å². The number of phenols is 1. The molecule has 1 heterocycles. The number of tetrazole rings is 1. The molecule has 0 saturated carbocycles. The number of amides is 1. The topological polar surface area (TPSA) is 104 Å². The highest BCUT2D eigenvalue weighted by atomic mass is 16.3. The summed E-state index contributed by atoms with van der Waals surface area (Å²) in [5, 5.41) is 24.5. The number of carbonyl (C=O) groups excluding carboxylic acids is 1. The van der Waals surface area contributed by atoms with Gasteiger partial charge in [-0.2, -0.15) is 5.21 Å². The van der Waals surface area contributed by atoms with Gasteiger partial charge in [-0.25, -0.2) is 0 Å². The van der Waals surface area contributed by atoms with Crippen LogP contribution in [0, 0.1) is 6.92 Å². The molecule has 0 unspecified atom stereocenters. The summed E-state index contributed by atoms with van der Waals surface area (Å²) in [6.45, 7) is 1.82. The van der Waals surface area contributed by atoms with Crippen LogP contribution in [-0.4, -0.2) is 31.6 Å². The Balaban J connectivity index is 2.24. The summed E-state index contributed by atoms with van der Waals surface area (Å²) in [5.74, 6) is -0.514. The van der Waals surface area contributed by atoms with Gasteiger partial charge in [-0.1, -0.05) is 16.7 Å². The van der Waals surface area contributed by atoms with Gasteiger partial charge in [-0.15, -0.1) is 5.10 Å². The molecule has 0 fully saturated rings. The molecule has 0 radical (unpaired) electrons. The zero-order valence-electron chi connectivity index (χ0n) is 8.43. The first kappa shape index (κ1) is 10.1. The van der Waals surface area contributed by atoms with E-state index < -0.39 is 5.91 Å². The van der Waals surface area contributed by atoms with E-state index in [1.54, 1.807) is 12.1 Å². The molecule has 1 amide bonds. The third kappa shape index (κ3) is 1.97. The zero-order valence-corrected chi connectivity index (χ0v) is 8.43. The monoisotopic (exact) mass is 219 g/mol. The highest BCUT2D eigenvalue weighted by Gasteiger charge is 2.12. The lowest BCUT2D eigenvalue weighted by Crippen LogP contribution is -2.13. The van der Waals surface area contributed by atoms with Gasteiger partial charge in [0.1, 0.15) is 5.75 Å². The van der Waals surface area contributed by atoms with Gasteiger partial charge >= 0.3 is 0 Å². The Kier molecular flexibility index (Phi) is 2.50. The van der Waals surface area contributed by atoms with Crippen LogP contribution in [0.5, 0.6) is 5.75 Å². The van der Waals surface area contributed by atoms with Crippen LogP contribution in [-0.2, 0) is 0 Å². The van der Waals surface area contributed by atoms with Crippen molar-refractivity contribution in [3.05, 3.63) is 29.3 Å². The number of rotatable bonds is 2. The second kappa shape index (κ2) is 3.97. The number of nitrogens with zero attached hydrogens (tertiary/aromatic N) is 3. The van der Waals surface area contributed by atoms with Gasteiger partial charge < -0.3 is 5.11 Å². The molecule has 0 aliphatic heterocycles. The van der Waals surface area contributed by atoms with Crippen molar-refractivity contribution in [2.45, 2.75) is 6.92 Å². The second-order valence-electron chi connectivity index (χ2n) is 3.21. The quantitative estimate of drug-likeness (QED) is 0.680. The first-order valence-electron chi connectivity index (χ1n) is 4.51. The lowest BCUT2D eigenvalue weighted by molar-refractivity contribution is 0.102. The fraction of sp³-hybridized carbons (Fsp3) is 0.111. The third-order valence-electron chi connectivity index (χ3n) is 1.97. The Hall–Kier alpha value is -2.44. The van der Waals surface area contributed by atoms with Crippen molar-refractivity contribution >= 4 is 11.9 Å². The fourth-order valence-corrected chi connectivity index (χ4v) is 1.22. The summed E-state index contributed by atoms with van der Waals surface area (Å²) < 4.78 is 0. The summed E-state index contributed by atoms with van der Waals surface area (Å²) in [7, 11) is 0. The highest BCUT2D eigenvalue weighted by Crippen LogP contribution is 2.18. The van der Waals surface area contributed by atoms with Crippen molar-refractivity contribution in [2.24, 2.45) is 0 Å². The maximum absolute atomic E-state index is 11.7. The number of benzene rings is 1. The summed E-state index contributed by atoms with van der Waals surface area (Å²) in [6.07, 6.45) is 0. The standard InChI is InChI=1S/C9H9N5O2/c1-5-2-3-7(15)6(4-5)8(16)10-9-11-13-14-12-9/h2-4,15H,1H3,(H2,10,11,12,13,14,16). The molecule has 0 saturated heterocycles. The molecule has 1 aromatic heterocycles. The third-order valence-corrected chi connectivity index (χ3v) is 1.97. The van der Waals surface area contributed by atoms with Crippen LogP contribution in [0.4, 0.5) is 5.95 Å². The normalized spacial score (nSPS) is 10.1. The Bertz CT molecular complexity index is 509. The van der Waals surface area contributed by atoms with Gasteiger partial charge in [0, 0.05) is 0 Å². The van der Waals surface area contributed by atoms with E-state index in [-0.39, 0.29) is 17.3 Å². The number of hydrogen-bond acceptors (Lipinski definition) is 5. The number of hydrogen-bond donors (Lipinski definition) is 3. The number of aryl methyl sites for hydroxylation is 1. The Morgan fingerprint density at radius 3 is 3.00 bits per heavy atom. The minimum absolute atomic E-state index is 0.0610. The number of anilines is 1. The second-order valence-corrected chi connectivity index (χ2v) is 3.21. The minimum atomic E-state index is -0.484. The number of H-pyrrole nitrogens is 1. The van der Waals surface area contributed by atoms with E-state index in [9.17, 15) is 9.90 Å². The van der Waals surface area contributed by atoms with Crippen molar-refractivity contribution in [1.82, 2.24) is 20.6 Å². The SMILES string of the molecule is Cc1ccc(O)c(C(=O)Nc2nn[nH]n2)c1. The number of phenolic OH excluding ortho intramolecular Hbond substituents is 1. The van der Waals surface area contributed by atoms with E-state index in [0.717, 1.165) is 5.56 Å². The number of carbonyl (C=O) groups is 1. The minimum Gasteiger partial charge on any atom is -0.507 e. The Morgan fingerprint density at radius 1 is 1.50 bits per heavy atom. The van der Waals surface area contributed by atoms with Crippen LogP contribution in [0.15, 0.2) is 18.2 Å². The maximum atomic E-state index is 11.7. The summed E-state index contributed by atoms with van der Waals surface area (Å²) in [4.78, 5) is 11.7. The number of aromatic amines is 1. The average Bonchev–Trinajstić information content (AvgIpc) is 2.74. The van der Waals surface area contributed by atoms with Gasteiger partial charge in [0.15, 0.2) is 0 Å². The van der Waals surface area contributed by atoms with Gasteiger partial charge in [0.2, 0.25) is 0 Å². The largest absolute Gasteiger partial charge is 0.507 e. The van der Waals surface area contributed by atoms with Crippen LogP contribution in [0.2, 0.25) is 0 Å². The predicted octanol–water partition coefficient (Wildman–Crippen LogP) is 0.466. The maximum Gasteiger partial charge on any atom is 0.270 e. The Labute approximate surface area is 90.5 Å². The van der Waals surface area contributed by atoms with Crippen LogP contribution in [0.1, 0.15) is 15.9 Å². The fourth-order valence-electron chi connectivity index (χ4n) is 1.22. The van der Waals surface area contributed by atoms with Crippen molar-refractivity contribution in [3.8, 4) is 5.75 Å². The molecule has 3 N–H and O–H groups in total. The van der Waals surface area contributed by atoms with Gasteiger partial charge in [0.25, 0.3) is 11.9 Å². The molecule has 0 aliphatic rings. The number of aromatic hydroxyl groups is 1. The zero-order chi connectivity index (χ0) is 11.5. The lowest BCUT2D eigenvalue weighted by Gasteiger charge is -2.04. The van der Waals surface area contributed by atoms with E-state index >= 15 is 0 Å². The van der Waals surface area contributed by atoms with Crippen molar-refractivity contribution in [2.75, 3.05) is 5.32 Å². The molecule has 2 rings (SSSR count). The van der Waals surface area contributed by atoms with Crippen LogP contribution in [0.25, 0.3) is 0 Å². The molecular weight excluding hydrogens is 210 g/mol. The predicted molar refractivity (Wildman–Crippen MR) is 55.0 cm³/mol. The lowest BCUT2D eigenvalue weighted by atomic mass is 10.1. The molecule has 0 atom stereocenters. The van der Waals surface area contributed by atoms with Gasteiger partial charge in [0.05, 0.1) is 5.56 Å². The first-order valence-corrected chi connectivity index (χ1v) is 4.51. The van der Waals surface area contributed by atoms with Crippen LogP contribution in [0.3, 0.4) is 0 Å². The van der Waals surface area contributed by atoms with Crippen molar-refractivity contribution < 1.29 is 9.90 Å². The molecule has 0 spiro atoms. The van der Waals surface area contributed by atoms with Gasteiger partial charge in [-0.05, 0) is 24.3 Å². The van der Waals surface area contributed by atoms with E-state index in [1.807, 2.05) is 6.92 Å². The van der Waals surface area contributed by atoms with Crippen molar-refractivity contribution in [3.63, 3.8) is 0 Å². The summed E-state index contributed by atoms with van der Waals surface area (Å²) in [5.41, 5.74) is 1.04. The Morgan fingerprint density at radius 2 is 2.31 bits per heavy atom. The highest BCUT2D eigenvalue weighted by molar-refractivity contribution is 6.05. The summed E-state index contributed by atoms with van der Waals surface area (Å²) >= 11 is 0. The smallest absolute Gasteiger partial charge is 0.270 e. The summed E-state index contributed by atoms with van der Waals surface area (Å²) in [6, 6.07) is 4.74. The van der Waals surface area contributed by atoms with E-state index in [1.165, 1.54) is 6.07 Å².